The van der Waals surface area contributed by atoms with Crippen LogP contribution < -0.4 is 0 Å². The van der Waals surface area contributed by atoms with Crippen molar-refractivity contribution in [3.05, 3.63) is 0 Å². The summed E-state index contributed by atoms with van der Waals surface area (Å²) in [5.74, 6) is 0.262. The summed E-state index contributed by atoms with van der Waals surface area (Å²) in [5.41, 5.74) is 0.248. The molecule has 2 fully saturated rings. The third kappa shape index (κ3) is 3.93. The monoisotopic (exact) mass is 268 g/mol. The van der Waals surface area contributed by atoms with Crippen LogP contribution in [0.5, 0.6) is 0 Å². The van der Waals surface area contributed by atoms with E-state index in [1.165, 1.54) is 32.1 Å². The number of rotatable bonds is 5. The maximum Gasteiger partial charge on any atom is 0.236 e. The fourth-order valence-corrected chi connectivity index (χ4v) is 3.26. The minimum absolute atomic E-state index is 0.248. The van der Waals surface area contributed by atoms with E-state index >= 15 is 0 Å². The van der Waals surface area contributed by atoms with E-state index in [0.29, 0.717) is 12.6 Å². The number of carbonyl (C=O) groups excluding carboxylic acids is 1. The molecule has 19 heavy (non-hydrogen) atoms. The molecular formula is C15H28N2O2. The average molecular weight is 268 g/mol. The summed E-state index contributed by atoms with van der Waals surface area (Å²) in [6.07, 6.45) is 6.23. The predicted molar refractivity (Wildman–Crippen MR) is 76.1 cm³/mol. The number of likely N-dealkylation sites (N-methyl/N-ethyl adjacent to an activating group) is 2. The number of carbonyl (C=O) groups is 1. The van der Waals surface area contributed by atoms with E-state index < -0.39 is 0 Å². The number of nitrogens with zero attached hydrogens (tertiary/aromatic N) is 2. The molecule has 1 aliphatic heterocycles. The Morgan fingerprint density at radius 3 is 2.37 bits per heavy atom. The summed E-state index contributed by atoms with van der Waals surface area (Å²) in [7, 11) is 4.01. The van der Waals surface area contributed by atoms with Crippen molar-refractivity contribution in [3.8, 4) is 0 Å². The third-order valence-corrected chi connectivity index (χ3v) is 4.47. The topological polar surface area (TPSA) is 32.8 Å². The highest BCUT2D eigenvalue weighted by Gasteiger charge is 2.35. The molecule has 1 heterocycles. The first-order chi connectivity index (χ1) is 9.00. The molecule has 0 unspecified atom stereocenters. The first kappa shape index (κ1) is 14.8. The van der Waals surface area contributed by atoms with Crippen LogP contribution in [0.15, 0.2) is 0 Å². The SMILES string of the molecule is CN(CC(=O)N(C)C1CCCCC1)CC1(C)COC1. The van der Waals surface area contributed by atoms with Gasteiger partial charge in [0, 0.05) is 25.0 Å². The summed E-state index contributed by atoms with van der Waals surface area (Å²) >= 11 is 0. The molecular weight excluding hydrogens is 240 g/mol. The Hall–Kier alpha value is -0.610. The van der Waals surface area contributed by atoms with Crippen LogP contribution in [-0.4, -0.2) is 62.1 Å². The summed E-state index contributed by atoms with van der Waals surface area (Å²) in [6.45, 7) is 5.34. The molecule has 0 aromatic carbocycles. The van der Waals surface area contributed by atoms with Gasteiger partial charge in [-0.1, -0.05) is 26.2 Å². The maximum absolute atomic E-state index is 12.3. The summed E-state index contributed by atoms with van der Waals surface area (Å²) < 4.78 is 5.26. The van der Waals surface area contributed by atoms with Gasteiger partial charge in [0.15, 0.2) is 0 Å². The van der Waals surface area contributed by atoms with Crippen LogP contribution in [0.4, 0.5) is 0 Å². The second kappa shape index (κ2) is 6.23. The van der Waals surface area contributed by atoms with Gasteiger partial charge in [-0.05, 0) is 19.9 Å². The van der Waals surface area contributed by atoms with Gasteiger partial charge in [0.2, 0.25) is 5.91 Å². The van der Waals surface area contributed by atoms with E-state index in [9.17, 15) is 4.79 Å². The first-order valence-electron chi connectivity index (χ1n) is 7.52. The van der Waals surface area contributed by atoms with Crippen molar-refractivity contribution < 1.29 is 9.53 Å². The summed E-state index contributed by atoms with van der Waals surface area (Å²) in [6, 6.07) is 0.470. The van der Waals surface area contributed by atoms with Crippen LogP contribution in [0, 0.1) is 5.41 Å². The smallest absolute Gasteiger partial charge is 0.236 e. The Kier molecular flexibility index (Phi) is 4.85. The highest BCUT2D eigenvalue weighted by Crippen LogP contribution is 2.27. The van der Waals surface area contributed by atoms with Crippen molar-refractivity contribution in [3.63, 3.8) is 0 Å². The van der Waals surface area contributed by atoms with Crippen LogP contribution in [0.25, 0.3) is 0 Å². The van der Waals surface area contributed by atoms with Gasteiger partial charge in [-0.15, -0.1) is 0 Å². The van der Waals surface area contributed by atoms with Gasteiger partial charge in [-0.3, -0.25) is 9.69 Å². The highest BCUT2D eigenvalue weighted by atomic mass is 16.5. The van der Waals surface area contributed by atoms with Crippen molar-refractivity contribution in [1.82, 2.24) is 9.80 Å². The van der Waals surface area contributed by atoms with Gasteiger partial charge >= 0.3 is 0 Å². The summed E-state index contributed by atoms with van der Waals surface area (Å²) in [4.78, 5) is 16.4. The molecule has 0 atom stereocenters. The molecule has 2 aliphatic rings. The Morgan fingerprint density at radius 2 is 1.84 bits per heavy atom. The number of hydrogen-bond acceptors (Lipinski definition) is 3. The van der Waals surface area contributed by atoms with Gasteiger partial charge in [0.25, 0.3) is 0 Å². The quantitative estimate of drug-likeness (QED) is 0.761. The van der Waals surface area contributed by atoms with Gasteiger partial charge in [0.1, 0.15) is 0 Å². The normalized spacial score (nSPS) is 23.2. The number of amides is 1. The lowest BCUT2D eigenvalue weighted by Crippen LogP contribution is -2.50. The Morgan fingerprint density at radius 1 is 1.21 bits per heavy atom. The van der Waals surface area contributed by atoms with Crippen LogP contribution in [0.1, 0.15) is 39.0 Å². The number of ether oxygens (including phenoxy) is 1. The zero-order chi connectivity index (χ0) is 13.9. The highest BCUT2D eigenvalue weighted by molar-refractivity contribution is 5.78. The lowest BCUT2D eigenvalue weighted by atomic mass is 9.88. The van der Waals surface area contributed by atoms with E-state index in [1.54, 1.807) is 0 Å². The Labute approximate surface area is 117 Å². The third-order valence-electron chi connectivity index (χ3n) is 4.47. The Balaban J connectivity index is 1.75. The van der Waals surface area contributed by atoms with Crippen LogP contribution in [-0.2, 0) is 9.53 Å². The lowest BCUT2D eigenvalue weighted by molar-refractivity contribution is -0.137. The van der Waals surface area contributed by atoms with Crippen molar-refractivity contribution in [1.29, 1.82) is 0 Å². The standard InChI is InChI=1S/C15H28N2O2/c1-15(11-19-12-15)10-16(2)9-14(18)17(3)13-7-5-4-6-8-13/h13H,4-12H2,1-3H3. The van der Waals surface area contributed by atoms with E-state index in [0.717, 1.165) is 19.8 Å². The van der Waals surface area contributed by atoms with Crippen molar-refractivity contribution in [2.24, 2.45) is 5.41 Å². The fraction of sp³-hybridized carbons (Fsp3) is 0.933. The van der Waals surface area contributed by atoms with Crippen molar-refractivity contribution >= 4 is 5.91 Å². The molecule has 1 saturated carbocycles. The first-order valence-corrected chi connectivity index (χ1v) is 7.52. The number of hydrogen-bond donors (Lipinski definition) is 0. The molecule has 0 bridgehead atoms. The van der Waals surface area contributed by atoms with E-state index in [1.807, 2.05) is 19.0 Å². The second-order valence-electron chi connectivity index (χ2n) is 6.77. The van der Waals surface area contributed by atoms with E-state index in [2.05, 4.69) is 11.8 Å². The minimum Gasteiger partial charge on any atom is -0.380 e. The largest absolute Gasteiger partial charge is 0.380 e. The molecule has 2 rings (SSSR count). The van der Waals surface area contributed by atoms with Crippen LogP contribution >= 0.6 is 0 Å². The molecule has 0 aromatic rings. The zero-order valence-corrected chi connectivity index (χ0v) is 12.7. The molecule has 1 amide bonds. The van der Waals surface area contributed by atoms with E-state index in [4.69, 9.17) is 4.74 Å². The summed E-state index contributed by atoms with van der Waals surface area (Å²) in [5, 5.41) is 0. The van der Waals surface area contributed by atoms with E-state index in [-0.39, 0.29) is 11.3 Å². The van der Waals surface area contributed by atoms with Gasteiger partial charge in [-0.2, -0.15) is 0 Å². The van der Waals surface area contributed by atoms with Crippen molar-refractivity contribution in [2.75, 3.05) is 40.4 Å². The Bertz CT molecular complexity index is 309. The maximum atomic E-state index is 12.3. The average Bonchev–Trinajstić information content (AvgIpc) is 2.36. The predicted octanol–water partition coefficient (Wildman–Crippen LogP) is 1.75. The molecule has 4 nitrogen and oxygen atoms in total. The van der Waals surface area contributed by atoms with Crippen LogP contribution in [0.2, 0.25) is 0 Å². The second-order valence-corrected chi connectivity index (χ2v) is 6.77. The molecule has 0 radical (unpaired) electrons. The molecule has 1 saturated heterocycles. The molecule has 4 heteroatoms. The van der Waals surface area contributed by atoms with Crippen LogP contribution in [0.3, 0.4) is 0 Å². The fourth-order valence-electron chi connectivity index (χ4n) is 3.26. The molecule has 1 aliphatic carbocycles. The minimum atomic E-state index is 0.248. The van der Waals surface area contributed by atoms with Gasteiger partial charge in [0.05, 0.1) is 19.8 Å². The lowest BCUT2D eigenvalue weighted by Gasteiger charge is -2.41. The molecule has 0 aromatic heterocycles. The zero-order valence-electron chi connectivity index (χ0n) is 12.7. The molecule has 0 spiro atoms. The molecule has 0 N–H and O–H groups in total. The molecule has 110 valence electrons. The van der Waals surface area contributed by atoms with Gasteiger partial charge in [-0.25, -0.2) is 0 Å². The van der Waals surface area contributed by atoms with Crippen molar-refractivity contribution in [2.45, 2.75) is 45.1 Å². The van der Waals surface area contributed by atoms with Gasteiger partial charge < -0.3 is 9.64 Å².